The van der Waals surface area contributed by atoms with Crippen LogP contribution in [0.25, 0.3) is 0 Å². The van der Waals surface area contributed by atoms with E-state index in [1.807, 2.05) is 4.90 Å². The normalized spacial score (nSPS) is 23.2. The van der Waals surface area contributed by atoms with Crippen LogP contribution >= 0.6 is 0 Å². The number of halogens is 1. The van der Waals surface area contributed by atoms with Crippen LogP contribution in [0.2, 0.25) is 0 Å². The van der Waals surface area contributed by atoms with Crippen LogP contribution in [0.5, 0.6) is 0 Å². The van der Waals surface area contributed by atoms with Gasteiger partial charge in [0.05, 0.1) is 0 Å². The molecule has 0 saturated carbocycles. The van der Waals surface area contributed by atoms with Crippen molar-refractivity contribution in [1.82, 2.24) is 9.80 Å². The molecule has 4 nitrogen and oxygen atoms in total. The molecule has 0 radical (unpaired) electrons. The summed E-state index contributed by atoms with van der Waals surface area (Å²) in [5.74, 6) is 0.0716. The van der Waals surface area contributed by atoms with Crippen molar-refractivity contribution in [3.05, 3.63) is 35.1 Å². The maximum absolute atomic E-state index is 13.8. The van der Waals surface area contributed by atoms with E-state index in [-0.39, 0.29) is 17.1 Å². The topological polar surface area (TPSA) is 32.8 Å². The molecule has 1 amide bonds. The highest BCUT2D eigenvalue weighted by molar-refractivity contribution is 5.94. The van der Waals surface area contributed by atoms with Crippen molar-refractivity contribution in [3.63, 3.8) is 0 Å². The lowest BCUT2D eigenvalue weighted by atomic mass is 9.72. The predicted molar refractivity (Wildman–Crippen MR) is 91.6 cm³/mol. The van der Waals surface area contributed by atoms with Gasteiger partial charge >= 0.3 is 0 Å². The van der Waals surface area contributed by atoms with E-state index in [0.717, 1.165) is 45.7 Å². The maximum Gasteiger partial charge on any atom is 0.253 e. The Bertz CT molecular complexity index is 611. The highest BCUT2D eigenvalue weighted by Gasteiger charge is 2.48. The van der Waals surface area contributed by atoms with Crippen molar-refractivity contribution >= 4 is 5.91 Å². The number of rotatable bonds is 3. The summed E-state index contributed by atoms with van der Waals surface area (Å²) in [7, 11) is 4.15. The highest BCUT2D eigenvalue weighted by Crippen LogP contribution is 2.44. The fourth-order valence-corrected chi connectivity index (χ4v) is 4.13. The Kier molecular flexibility index (Phi) is 4.92. The Morgan fingerprint density at radius 3 is 2.71 bits per heavy atom. The van der Waals surface area contributed by atoms with Gasteiger partial charge in [0.15, 0.2) is 0 Å². The number of carbonyl (C=O) groups is 1. The zero-order chi connectivity index (χ0) is 17.3. The zero-order valence-corrected chi connectivity index (χ0v) is 14.8. The molecule has 2 aliphatic heterocycles. The molecule has 132 valence electrons. The molecule has 24 heavy (non-hydrogen) atoms. The van der Waals surface area contributed by atoms with Gasteiger partial charge in [-0.3, -0.25) is 4.79 Å². The molecule has 0 aliphatic carbocycles. The summed E-state index contributed by atoms with van der Waals surface area (Å²) >= 11 is 0. The third-order valence-corrected chi connectivity index (χ3v) is 5.59. The number of amides is 1. The molecule has 2 aliphatic rings. The largest absolute Gasteiger partial charge is 0.381 e. The fraction of sp³-hybridized carbons (Fsp3) is 0.632. The van der Waals surface area contributed by atoms with Crippen LogP contribution < -0.4 is 0 Å². The van der Waals surface area contributed by atoms with Crippen LogP contribution in [0.1, 0.15) is 28.8 Å². The average Bonchev–Trinajstić information content (AvgIpc) is 2.87. The average molecular weight is 334 g/mol. The first-order valence-corrected chi connectivity index (χ1v) is 8.69. The Labute approximate surface area is 143 Å². The lowest BCUT2D eigenvalue weighted by Crippen LogP contribution is -2.40. The van der Waals surface area contributed by atoms with Crippen molar-refractivity contribution in [2.24, 2.45) is 11.3 Å². The molecule has 1 aromatic carbocycles. The van der Waals surface area contributed by atoms with Gasteiger partial charge in [0.1, 0.15) is 5.82 Å². The quantitative estimate of drug-likeness (QED) is 0.852. The third kappa shape index (κ3) is 3.33. The van der Waals surface area contributed by atoms with Crippen LogP contribution in [-0.2, 0) is 4.74 Å². The Morgan fingerprint density at radius 1 is 1.38 bits per heavy atom. The number of aryl methyl sites for hydroxylation is 1. The fourth-order valence-electron chi connectivity index (χ4n) is 4.13. The van der Waals surface area contributed by atoms with Gasteiger partial charge in [0.2, 0.25) is 0 Å². The summed E-state index contributed by atoms with van der Waals surface area (Å²) in [4.78, 5) is 17.0. The molecule has 3 rings (SSSR count). The number of hydrogen-bond donors (Lipinski definition) is 0. The molecule has 0 unspecified atom stereocenters. The minimum atomic E-state index is -0.314. The van der Waals surface area contributed by atoms with Crippen LogP contribution in [0.4, 0.5) is 4.39 Å². The number of ether oxygens (including phenoxy) is 1. The van der Waals surface area contributed by atoms with Crippen molar-refractivity contribution < 1.29 is 13.9 Å². The van der Waals surface area contributed by atoms with E-state index < -0.39 is 0 Å². The van der Waals surface area contributed by atoms with Gasteiger partial charge in [-0.25, -0.2) is 4.39 Å². The van der Waals surface area contributed by atoms with Crippen molar-refractivity contribution in [3.8, 4) is 0 Å². The first-order chi connectivity index (χ1) is 11.4. The standard InChI is InChI=1S/C19H27FN2O2/c1-14-4-5-15(10-17(14)20)18(23)22-12-16(11-21(2)3)19(13-22)6-8-24-9-7-19/h4-5,10,16H,6-9,11-13H2,1-3H3/t16-/m0/s1. The molecular weight excluding hydrogens is 307 g/mol. The van der Waals surface area contributed by atoms with Crippen molar-refractivity contribution in [2.45, 2.75) is 19.8 Å². The molecule has 2 heterocycles. The summed E-state index contributed by atoms with van der Waals surface area (Å²) in [6.07, 6.45) is 2.00. The first kappa shape index (κ1) is 17.4. The molecule has 2 saturated heterocycles. The predicted octanol–water partition coefficient (Wildman–Crippen LogP) is 2.56. The molecule has 1 aromatic rings. The Morgan fingerprint density at radius 2 is 2.08 bits per heavy atom. The zero-order valence-electron chi connectivity index (χ0n) is 14.8. The summed E-state index contributed by atoms with van der Waals surface area (Å²) in [5.41, 5.74) is 1.16. The number of benzene rings is 1. The van der Waals surface area contributed by atoms with Crippen molar-refractivity contribution in [2.75, 3.05) is 46.9 Å². The van der Waals surface area contributed by atoms with E-state index >= 15 is 0 Å². The van der Waals surface area contributed by atoms with Gasteiger partial charge in [-0.1, -0.05) is 6.07 Å². The molecule has 5 heteroatoms. The monoisotopic (exact) mass is 334 g/mol. The molecule has 2 fully saturated rings. The molecule has 1 atom stereocenters. The third-order valence-electron chi connectivity index (χ3n) is 5.59. The second-order valence-electron chi connectivity index (χ2n) is 7.58. The van der Waals surface area contributed by atoms with E-state index in [1.165, 1.54) is 6.07 Å². The van der Waals surface area contributed by atoms with E-state index in [1.54, 1.807) is 19.1 Å². The Balaban J connectivity index is 1.81. The Hall–Kier alpha value is -1.46. The highest BCUT2D eigenvalue weighted by atomic mass is 19.1. The van der Waals surface area contributed by atoms with E-state index in [9.17, 15) is 9.18 Å². The summed E-state index contributed by atoms with van der Waals surface area (Å²) in [5, 5.41) is 0. The molecule has 0 aromatic heterocycles. The van der Waals surface area contributed by atoms with Gasteiger partial charge in [-0.2, -0.15) is 0 Å². The summed E-state index contributed by atoms with van der Waals surface area (Å²) < 4.78 is 19.4. The second kappa shape index (κ2) is 6.81. The van der Waals surface area contributed by atoms with Crippen molar-refractivity contribution in [1.29, 1.82) is 0 Å². The molecule has 1 spiro atoms. The minimum Gasteiger partial charge on any atom is -0.381 e. The van der Waals surface area contributed by atoms with Crippen LogP contribution in [0.15, 0.2) is 18.2 Å². The number of nitrogens with zero attached hydrogens (tertiary/aromatic N) is 2. The van der Waals surface area contributed by atoms with Crippen LogP contribution in [-0.4, -0.2) is 62.7 Å². The molecule has 0 N–H and O–H groups in total. The van der Waals surface area contributed by atoms with E-state index in [0.29, 0.717) is 17.0 Å². The second-order valence-corrected chi connectivity index (χ2v) is 7.58. The van der Waals surface area contributed by atoms with E-state index in [2.05, 4.69) is 19.0 Å². The number of carbonyl (C=O) groups excluding carboxylic acids is 1. The molecule has 0 bridgehead atoms. The SMILES string of the molecule is Cc1ccc(C(=O)N2C[C@H](CN(C)C)C3(CCOCC3)C2)cc1F. The van der Waals surface area contributed by atoms with Gasteiger partial charge in [0, 0.05) is 38.4 Å². The summed E-state index contributed by atoms with van der Waals surface area (Å²) in [6.45, 7) is 5.71. The number of likely N-dealkylation sites (tertiary alicyclic amines) is 1. The smallest absolute Gasteiger partial charge is 0.253 e. The maximum atomic E-state index is 13.8. The minimum absolute atomic E-state index is 0.0546. The molecular formula is C19H27FN2O2. The lowest BCUT2D eigenvalue weighted by Gasteiger charge is -2.38. The van der Waals surface area contributed by atoms with Crippen LogP contribution in [0, 0.1) is 24.1 Å². The lowest BCUT2D eigenvalue weighted by molar-refractivity contribution is -0.00451. The first-order valence-electron chi connectivity index (χ1n) is 8.69. The van der Waals surface area contributed by atoms with Crippen LogP contribution in [0.3, 0.4) is 0 Å². The van der Waals surface area contributed by atoms with Gasteiger partial charge in [0.25, 0.3) is 5.91 Å². The van der Waals surface area contributed by atoms with E-state index in [4.69, 9.17) is 4.74 Å². The van der Waals surface area contributed by atoms with Gasteiger partial charge < -0.3 is 14.5 Å². The summed E-state index contributed by atoms with van der Waals surface area (Å²) in [6, 6.07) is 4.78. The number of hydrogen-bond acceptors (Lipinski definition) is 3. The van der Waals surface area contributed by atoms with Gasteiger partial charge in [-0.05, 0) is 62.9 Å². The van der Waals surface area contributed by atoms with Gasteiger partial charge in [-0.15, -0.1) is 0 Å².